The summed E-state index contributed by atoms with van der Waals surface area (Å²) in [7, 11) is 0. The molecule has 0 bridgehead atoms. The fourth-order valence-electron chi connectivity index (χ4n) is 4.75. The third kappa shape index (κ3) is 8.33. The van der Waals surface area contributed by atoms with Gasteiger partial charge in [-0.05, 0) is 65.4 Å². The van der Waals surface area contributed by atoms with Gasteiger partial charge < -0.3 is 9.84 Å². The zero-order chi connectivity index (χ0) is 35.0. The topological polar surface area (TPSA) is 125 Å². The van der Waals surface area contributed by atoms with Crippen LogP contribution in [0.5, 0.6) is 5.75 Å². The number of nitrogens with one attached hydrogen (secondary N) is 1. The summed E-state index contributed by atoms with van der Waals surface area (Å²) < 4.78 is 81.7. The molecule has 3 aromatic carbocycles. The van der Waals surface area contributed by atoms with Crippen LogP contribution in [-0.2, 0) is 24.7 Å². The zero-order valence-electron chi connectivity index (χ0n) is 25.3. The molecule has 250 valence electrons. The van der Waals surface area contributed by atoms with Crippen LogP contribution in [0.2, 0.25) is 5.02 Å². The van der Waals surface area contributed by atoms with Gasteiger partial charge in [0.25, 0.3) is 0 Å². The van der Waals surface area contributed by atoms with E-state index < -0.39 is 46.8 Å². The fourth-order valence-corrected chi connectivity index (χ4v) is 4.91. The van der Waals surface area contributed by atoms with Crippen molar-refractivity contribution in [3.63, 3.8) is 0 Å². The van der Waals surface area contributed by atoms with E-state index in [0.29, 0.717) is 33.5 Å². The van der Waals surface area contributed by atoms with Crippen molar-refractivity contribution in [3.05, 3.63) is 147 Å². The molecule has 2 aromatic heterocycles. The van der Waals surface area contributed by atoms with Crippen LogP contribution in [0.15, 0.2) is 102 Å². The lowest BCUT2D eigenvalue weighted by atomic mass is 9.84. The first-order chi connectivity index (χ1) is 23.5. The molecule has 0 saturated carbocycles. The van der Waals surface area contributed by atoms with Crippen LogP contribution in [0.1, 0.15) is 33.5 Å². The summed E-state index contributed by atoms with van der Waals surface area (Å²) in [6.45, 7) is -0.512. The second-order valence-electron chi connectivity index (χ2n) is 10.6. The Morgan fingerprint density at radius 2 is 1.71 bits per heavy atom. The van der Waals surface area contributed by atoms with Gasteiger partial charge >= 0.3 is 5.92 Å². The number of pyridine rings is 1. The first-order valence-corrected chi connectivity index (χ1v) is 14.8. The summed E-state index contributed by atoms with van der Waals surface area (Å²) in [6.07, 6.45) is 5.04. The van der Waals surface area contributed by atoms with Crippen LogP contribution in [0.25, 0.3) is 0 Å². The summed E-state index contributed by atoms with van der Waals surface area (Å²) in [5.74, 6) is -0.751. The van der Waals surface area contributed by atoms with Gasteiger partial charge in [0.15, 0.2) is 0 Å². The van der Waals surface area contributed by atoms with E-state index in [4.69, 9.17) is 21.9 Å². The summed E-state index contributed by atoms with van der Waals surface area (Å²) >= 11 is 5.86. The quantitative estimate of drug-likeness (QED) is 0.0376. The number of aromatic nitrogens is 3. The fraction of sp³-hybridized carbons (Fsp3) is 0.147. The maximum atomic E-state index is 15.8. The Hall–Kier alpha value is -5.49. The van der Waals surface area contributed by atoms with Gasteiger partial charge in [-0.25, -0.2) is 13.2 Å². The van der Waals surface area contributed by atoms with Gasteiger partial charge in [0.1, 0.15) is 42.0 Å². The molecule has 0 fully saturated rings. The van der Waals surface area contributed by atoms with Crippen molar-refractivity contribution >= 4 is 17.9 Å². The van der Waals surface area contributed by atoms with Gasteiger partial charge in [0.2, 0.25) is 11.9 Å². The number of nitrogens with two attached hydrogens (primary N) is 1. The molecule has 49 heavy (non-hydrogen) atoms. The Balaban J connectivity index is 1.24. The molecule has 9 nitrogen and oxygen atoms in total. The summed E-state index contributed by atoms with van der Waals surface area (Å²) in [4.78, 5) is 3.79. The molecule has 5 rings (SSSR count). The first kappa shape index (κ1) is 34.8. The average Bonchev–Trinajstić information content (AvgIpc) is 3.50. The average molecular weight is 695 g/mol. The van der Waals surface area contributed by atoms with Gasteiger partial charge in [-0.15, -0.1) is 0 Å². The highest BCUT2D eigenvalue weighted by atomic mass is 35.5. The highest BCUT2D eigenvalue weighted by molar-refractivity contribution is 6.30. The smallest absolute Gasteiger partial charge is 0.327 e. The standard InChI is InChI=1S/C34H25ClF5N7O2/c35-26-16-45-47(18-26)17-25-7-3-24(13-30(25)37)19-49-28-9-4-22(5-10-28)1-2-23-6-12-32(43-15-23)34(39,40)33(48,20-42-21-44-46-41)29-11-8-27(36)14-31(29)38/h3-16,18,21,48H,17,19-20H2,(H2,41,42,44)/p+1. The molecule has 0 saturated heterocycles. The van der Waals surface area contributed by atoms with E-state index in [2.05, 4.69) is 32.2 Å². The van der Waals surface area contributed by atoms with Gasteiger partial charge in [-0.3, -0.25) is 15.0 Å². The minimum absolute atomic E-state index is 0.119. The number of rotatable bonds is 12. The van der Waals surface area contributed by atoms with E-state index in [-0.39, 0.29) is 18.7 Å². The molecular weight excluding hydrogens is 669 g/mol. The number of benzene rings is 3. The molecule has 1 atom stereocenters. The van der Waals surface area contributed by atoms with E-state index in [9.17, 15) is 18.3 Å². The first-order valence-electron chi connectivity index (χ1n) is 14.4. The molecule has 0 aliphatic heterocycles. The second kappa shape index (κ2) is 15.2. The number of hydrogen-bond acceptors (Lipinski definition) is 6. The van der Waals surface area contributed by atoms with Crippen molar-refractivity contribution in [2.24, 2.45) is 10.3 Å². The third-order valence-corrected chi connectivity index (χ3v) is 7.48. The van der Waals surface area contributed by atoms with Gasteiger partial charge in [0.05, 0.1) is 17.8 Å². The van der Waals surface area contributed by atoms with Gasteiger partial charge in [0, 0.05) is 40.7 Å². The Labute approximate surface area is 281 Å². The molecule has 0 aliphatic rings. The molecule has 0 spiro atoms. The zero-order valence-corrected chi connectivity index (χ0v) is 26.1. The van der Waals surface area contributed by atoms with Crippen LogP contribution < -0.4 is 10.1 Å². The van der Waals surface area contributed by atoms with Crippen LogP contribution in [0.4, 0.5) is 22.0 Å². The number of halogens is 6. The van der Waals surface area contributed by atoms with Gasteiger partial charge in [-0.1, -0.05) is 40.7 Å². The van der Waals surface area contributed by atoms with E-state index in [0.717, 1.165) is 36.1 Å². The number of ether oxygens (including phenoxy) is 1. The Kier molecular flexibility index (Phi) is 10.8. The highest BCUT2D eigenvalue weighted by Gasteiger charge is 2.58. The number of alkyl halides is 2. The van der Waals surface area contributed by atoms with Crippen molar-refractivity contribution in [2.45, 2.75) is 24.7 Å². The molecule has 2 heterocycles. The van der Waals surface area contributed by atoms with Crippen molar-refractivity contribution in [2.75, 3.05) is 6.54 Å². The van der Waals surface area contributed by atoms with E-state index >= 15 is 8.78 Å². The van der Waals surface area contributed by atoms with Gasteiger partial charge in [-0.2, -0.15) is 19.4 Å². The molecule has 0 radical (unpaired) electrons. The molecule has 0 amide bonds. The molecule has 1 unspecified atom stereocenters. The predicted octanol–water partition coefficient (Wildman–Crippen LogP) is 5.89. The Morgan fingerprint density at radius 1 is 0.959 bits per heavy atom. The largest absolute Gasteiger partial charge is 0.489 e. The molecular formula is C34H26ClF5N7O2+. The predicted molar refractivity (Wildman–Crippen MR) is 168 cm³/mol. The molecule has 15 heteroatoms. The SMILES string of the molecule is N=N/N=C\[NH2+]CC(O)(c1ccc(F)cc1F)C(F)(F)c1ccc(C#Cc2ccc(OCc3ccc(Cn4cc(Cl)cn4)c(F)c3)cc2)cn1. The molecule has 0 aliphatic carbocycles. The van der Waals surface area contributed by atoms with E-state index in [1.54, 1.807) is 42.6 Å². The lowest BCUT2D eigenvalue weighted by molar-refractivity contribution is -0.561. The van der Waals surface area contributed by atoms with Crippen molar-refractivity contribution < 1.29 is 37.1 Å². The third-order valence-electron chi connectivity index (χ3n) is 7.29. The van der Waals surface area contributed by atoms with Crippen LogP contribution in [0.3, 0.4) is 0 Å². The van der Waals surface area contributed by atoms with Crippen molar-refractivity contribution in [3.8, 4) is 17.6 Å². The monoisotopic (exact) mass is 694 g/mol. The minimum atomic E-state index is -4.17. The number of nitrogens with zero attached hydrogens (tertiary/aromatic N) is 5. The maximum absolute atomic E-state index is 15.8. The lowest BCUT2D eigenvalue weighted by Crippen LogP contribution is -2.87. The number of quaternary nitrogens is 1. The Morgan fingerprint density at radius 3 is 2.37 bits per heavy atom. The molecule has 4 N–H and O–H groups in total. The second-order valence-corrected chi connectivity index (χ2v) is 11.1. The Bertz CT molecular complexity index is 2030. The van der Waals surface area contributed by atoms with Crippen molar-refractivity contribution in [1.82, 2.24) is 14.8 Å². The summed E-state index contributed by atoms with van der Waals surface area (Å²) in [6, 6.07) is 15.6. The van der Waals surface area contributed by atoms with Crippen LogP contribution >= 0.6 is 11.6 Å². The van der Waals surface area contributed by atoms with E-state index in [1.165, 1.54) is 23.0 Å². The number of hydrogen-bond donors (Lipinski definition) is 3. The van der Waals surface area contributed by atoms with E-state index in [1.807, 2.05) is 0 Å². The summed E-state index contributed by atoms with van der Waals surface area (Å²) in [5, 5.41) is 22.6. The van der Waals surface area contributed by atoms with Crippen molar-refractivity contribution in [1.29, 1.82) is 5.53 Å². The highest BCUT2D eigenvalue weighted by Crippen LogP contribution is 2.44. The lowest BCUT2D eigenvalue weighted by Gasteiger charge is -2.34. The molecule has 5 aromatic rings. The number of aliphatic hydroxyl groups is 1. The summed E-state index contributed by atoms with van der Waals surface area (Å²) in [5.41, 5.74) is 3.65. The minimum Gasteiger partial charge on any atom is -0.489 e. The van der Waals surface area contributed by atoms with Crippen LogP contribution in [-0.4, -0.2) is 32.8 Å². The maximum Gasteiger partial charge on any atom is 0.327 e. The van der Waals surface area contributed by atoms with Crippen LogP contribution in [0, 0.1) is 34.8 Å². The normalized spacial score (nSPS) is 12.7.